The normalized spacial score (nSPS) is 16.5. The molecule has 0 saturated carbocycles. The van der Waals surface area contributed by atoms with Gasteiger partial charge in [0.2, 0.25) is 0 Å². The second-order valence-corrected chi connectivity index (χ2v) is 2.36. The number of rotatable bonds is 4. The number of methoxy groups -OCH3 is 2. The maximum Gasteiger partial charge on any atom is 0.160 e. The van der Waals surface area contributed by atoms with E-state index in [1.54, 1.807) is 0 Å². The molecule has 0 aromatic heterocycles. The van der Waals surface area contributed by atoms with Crippen molar-refractivity contribution in [2.75, 3.05) is 20.7 Å². The van der Waals surface area contributed by atoms with Crippen molar-refractivity contribution in [3.63, 3.8) is 0 Å². The fourth-order valence-electron chi connectivity index (χ4n) is 0.921. The minimum absolute atomic E-state index is 0.0316. The van der Waals surface area contributed by atoms with E-state index in [0.717, 1.165) is 0 Å². The van der Waals surface area contributed by atoms with Crippen LogP contribution < -0.4 is 15.2 Å². The fraction of sp³-hybridized carbons (Fsp3) is 0.400. The summed E-state index contributed by atoms with van der Waals surface area (Å²) in [6.07, 6.45) is 0.0316. The van der Waals surface area contributed by atoms with E-state index >= 15 is 0 Å². The van der Waals surface area contributed by atoms with Gasteiger partial charge in [-0.05, 0) is 30.6 Å². The Morgan fingerprint density at radius 1 is 1.38 bits per heavy atom. The van der Waals surface area contributed by atoms with E-state index in [9.17, 15) is 0 Å². The van der Waals surface area contributed by atoms with Crippen LogP contribution in [0.4, 0.5) is 0 Å². The van der Waals surface area contributed by atoms with Crippen molar-refractivity contribution in [3.05, 3.63) is 23.7 Å². The van der Waals surface area contributed by atoms with Gasteiger partial charge in [0.25, 0.3) is 0 Å². The Kier molecular flexibility index (Phi) is 2.00. The summed E-state index contributed by atoms with van der Waals surface area (Å²) < 4.78 is 40.6. The molecule has 3 nitrogen and oxygen atoms in total. The second-order valence-electron chi connectivity index (χ2n) is 2.36. The lowest BCUT2D eigenvalue weighted by molar-refractivity contribution is 0.354. The third-order valence-electron chi connectivity index (χ3n) is 1.53. The van der Waals surface area contributed by atoms with Gasteiger partial charge in [0.15, 0.2) is 11.5 Å². The predicted octanol–water partition coefficient (Wildman–Crippen LogP) is 1.21. The molecule has 0 amide bonds. The Morgan fingerprint density at radius 2 is 2.08 bits per heavy atom. The highest BCUT2D eigenvalue weighted by molar-refractivity contribution is 5.42. The monoisotopic (exact) mass is 185 g/mol. The third-order valence-corrected chi connectivity index (χ3v) is 1.53. The fourth-order valence-corrected chi connectivity index (χ4v) is 0.921. The van der Waals surface area contributed by atoms with Gasteiger partial charge >= 0.3 is 0 Å². The first-order chi connectivity index (χ1) is 7.93. The molecule has 0 heterocycles. The van der Waals surface area contributed by atoms with Crippen LogP contribution in [0.5, 0.6) is 11.5 Å². The lowest BCUT2D eigenvalue weighted by atomic mass is 10.1. The first-order valence-electron chi connectivity index (χ1n) is 5.90. The number of nitrogens with two attached hydrogens (primary N) is 1. The summed E-state index contributed by atoms with van der Waals surface area (Å²) >= 11 is 0. The highest BCUT2D eigenvalue weighted by Gasteiger charge is 2.03. The van der Waals surface area contributed by atoms with Gasteiger partial charge < -0.3 is 15.2 Å². The number of benzene rings is 1. The molecule has 0 bridgehead atoms. The van der Waals surface area contributed by atoms with Gasteiger partial charge in [-0.1, -0.05) is 6.04 Å². The number of hydrogen-bond donors (Lipinski definition) is 1. The van der Waals surface area contributed by atoms with Gasteiger partial charge in [0.05, 0.1) is 18.3 Å². The number of hydrogen-bond acceptors (Lipinski definition) is 3. The van der Waals surface area contributed by atoms with E-state index in [2.05, 4.69) is 0 Å². The van der Waals surface area contributed by atoms with Gasteiger partial charge in [0.1, 0.15) is 0 Å². The SMILES string of the molecule is [2H]c1c([2H])c(OC)c(OC)c([2H])c1CC([2H])N. The maximum absolute atomic E-state index is 7.87. The van der Waals surface area contributed by atoms with Crippen LogP contribution in [0.1, 0.15) is 11.0 Å². The molecule has 1 unspecified atom stereocenters. The molecule has 1 rings (SSSR count). The summed E-state index contributed by atoms with van der Waals surface area (Å²) in [4.78, 5) is 0. The molecular weight excluding hydrogens is 166 g/mol. The van der Waals surface area contributed by atoms with Crippen molar-refractivity contribution >= 4 is 0 Å². The summed E-state index contributed by atoms with van der Waals surface area (Å²) in [6.45, 7) is -0.930. The van der Waals surface area contributed by atoms with Crippen LogP contribution in [0, 0.1) is 0 Å². The van der Waals surface area contributed by atoms with Crippen LogP contribution in [0.3, 0.4) is 0 Å². The quantitative estimate of drug-likeness (QED) is 0.766. The summed E-state index contributed by atoms with van der Waals surface area (Å²) in [7, 11) is 2.72. The molecular formula is C10H15NO2. The lowest BCUT2D eigenvalue weighted by Gasteiger charge is -2.08. The van der Waals surface area contributed by atoms with Crippen LogP contribution >= 0.6 is 0 Å². The van der Waals surface area contributed by atoms with E-state index in [1.807, 2.05) is 0 Å². The molecule has 72 valence electrons. The summed E-state index contributed by atoms with van der Waals surface area (Å²) in [5.41, 5.74) is 5.57. The molecule has 1 atom stereocenters. The minimum atomic E-state index is -0.930. The molecule has 13 heavy (non-hydrogen) atoms. The van der Waals surface area contributed by atoms with Crippen LogP contribution in [0.2, 0.25) is 0 Å². The van der Waals surface area contributed by atoms with Crippen LogP contribution in [-0.4, -0.2) is 20.7 Å². The van der Waals surface area contributed by atoms with Crippen molar-refractivity contribution in [1.82, 2.24) is 0 Å². The van der Waals surface area contributed by atoms with Gasteiger partial charge in [-0.2, -0.15) is 0 Å². The third kappa shape index (κ3) is 2.36. The lowest BCUT2D eigenvalue weighted by Crippen LogP contribution is -2.03. The summed E-state index contributed by atoms with van der Waals surface area (Å²) in [5.74, 6) is 0.161. The van der Waals surface area contributed by atoms with Gasteiger partial charge in [0, 0.05) is 1.37 Å². The van der Waals surface area contributed by atoms with E-state index in [4.69, 9.17) is 20.7 Å². The molecule has 1 aromatic rings. The Balaban J connectivity index is 3.47. The Morgan fingerprint density at radius 3 is 2.62 bits per heavy atom. The van der Waals surface area contributed by atoms with Gasteiger partial charge in [-0.15, -0.1) is 0 Å². The van der Waals surface area contributed by atoms with E-state index in [-0.39, 0.29) is 41.6 Å². The smallest absolute Gasteiger partial charge is 0.160 e. The van der Waals surface area contributed by atoms with Gasteiger partial charge in [-0.3, -0.25) is 0 Å². The first kappa shape index (κ1) is 5.50. The van der Waals surface area contributed by atoms with Crippen LogP contribution in [0.25, 0.3) is 0 Å². The molecule has 0 spiro atoms. The Bertz CT molecular complexity index is 424. The van der Waals surface area contributed by atoms with E-state index in [0.29, 0.717) is 0 Å². The molecule has 0 aliphatic heterocycles. The predicted molar refractivity (Wildman–Crippen MR) is 52.3 cm³/mol. The zero-order chi connectivity index (χ0) is 13.2. The zero-order valence-corrected chi connectivity index (χ0v) is 7.68. The average Bonchev–Trinajstić information content (AvgIpc) is 2.28. The summed E-state index contributed by atoms with van der Waals surface area (Å²) in [6, 6.07) is -0.348. The van der Waals surface area contributed by atoms with E-state index in [1.165, 1.54) is 14.2 Å². The average molecular weight is 185 g/mol. The van der Waals surface area contributed by atoms with Crippen LogP contribution in [0.15, 0.2) is 18.1 Å². The first-order valence-corrected chi connectivity index (χ1v) is 3.82. The molecule has 2 N–H and O–H groups in total. The summed E-state index contributed by atoms with van der Waals surface area (Å²) in [5, 5.41) is 0. The standard InChI is InChI=1S/C10H15NO2/c1-12-9-4-3-8(5-6-11)7-10(9)13-2/h3-4,7H,5-6,11H2,1-2H3/i3D,4D,6D,7D. The highest BCUT2D eigenvalue weighted by atomic mass is 16.5. The zero-order valence-electron chi connectivity index (χ0n) is 11.7. The molecule has 1 aromatic carbocycles. The van der Waals surface area contributed by atoms with Crippen molar-refractivity contribution in [2.45, 2.75) is 6.42 Å². The van der Waals surface area contributed by atoms with Crippen LogP contribution in [-0.2, 0) is 6.42 Å². The molecule has 0 saturated heterocycles. The van der Waals surface area contributed by atoms with Gasteiger partial charge in [-0.25, -0.2) is 0 Å². The molecule has 0 aliphatic carbocycles. The maximum atomic E-state index is 7.87. The topological polar surface area (TPSA) is 44.5 Å². The molecule has 0 fully saturated rings. The highest BCUT2D eigenvalue weighted by Crippen LogP contribution is 2.27. The Hall–Kier alpha value is -1.22. The molecule has 0 aliphatic rings. The molecule has 3 heteroatoms. The second kappa shape index (κ2) is 4.72. The largest absolute Gasteiger partial charge is 0.493 e. The Labute approximate surface area is 84.1 Å². The van der Waals surface area contributed by atoms with Crippen molar-refractivity contribution in [3.8, 4) is 11.5 Å². The van der Waals surface area contributed by atoms with Crippen molar-refractivity contribution < 1.29 is 15.0 Å². The van der Waals surface area contributed by atoms with Crippen molar-refractivity contribution in [2.24, 2.45) is 5.73 Å². The number of ether oxygens (including phenoxy) is 2. The molecule has 0 radical (unpaired) electrons. The van der Waals surface area contributed by atoms with Crippen molar-refractivity contribution in [1.29, 1.82) is 0 Å². The minimum Gasteiger partial charge on any atom is -0.493 e. The van der Waals surface area contributed by atoms with E-state index < -0.39 is 6.52 Å².